The normalized spacial score (nSPS) is 24.2. The molecule has 9 heteroatoms. The van der Waals surface area contributed by atoms with E-state index in [1.807, 2.05) is 47.9 Å². The van der Waals surface area contributed by atoms with Gasteiger partial charge in [-0.05, 0) is 26.0 Å². The van der Waals surface area contributed by atoms with Crippen molar-refractivity contribution in [2.75, 3.05) is 32.2 Å². The second kappa shape index (κ2) is 6.79. The van der Waals surface area contributed by atoms with Crippen molar-refractivity contribution in [3.05, 3.63) is 40.7 Å². The van der Waals surface area contributed by atoms with Gasteiger partial charge in [-0.15, -0.1) is 0 Å². The molecule has 8 nitrogen and oxygen atoms in total. The number of aliphatic imine (C=N–C) groups is 1. The first-order valence-corrected chi connectivity index (χ1v) is 9.42. The Morgan fingerprint density at radius 3 is 2.57 bits per heavy atom. The molecular formula is C19H22ClN5O3. The fourth-order valence-corrected chi connectivity index (χ4v) is 4.14. The van der Waals surface area contributed by atoms with Gasteiger partial charge in [0.05, 0.1) is 23.9 Å². The van der Waals surface area contributed by atoms with E-state index >= 15 is 0 Å². The average molecular weight is 404 g/mol. The molecule has 1 fully saturated rings. The number of fused-ring (bicyclic) bond motifs is 3. The largest absolute Gasteiger partial charge is 0.383 e. The monoisotopic (exact) mass is 403 g/mol. The number of para-hydroxylation sites is 1. The summed E-state index contributed by atoms with van der Waals surface area (Å²) in [5.41, 5.74) is 2.65. The average Bonchev–Trinajstić information content (AvgIpc) is 3.17. The van der Waals surface area contributed by atoms with E-state index in [1.54, 1.807) is 14.2 Å². The first-order valence-electron chi connectivity index (χ1n) is 9.04. The Labute approximate surface area is 168 Å². The Kier molecular flexibility index (Phi) is 4.55. The van der Waals surface area contributed by atoms with Crippen LogP contribution in [0.15, 0.2) is 40.7 Å². The Morgan fingerprint density at radius 2 is 1.89 bits per heavy atom. The molecule has 0 radical (unpaired) electrons. The minimum Gasteiger partial charge on any atom is -0.383 e. The van der Waals surface area contributed by atoms with Crippen LogP contribution in [0.2, 0.25) is 5.02 Å². The van der Waals surface area contributed by atoms with Gasteiger partial charge >= 0.3 is 6.03 Å². The number of imide groups is 1. The molecule has 1 aromatic rings. The van der Waals surface area contributed by atoms with Crippen LogP contribution in [0.5, 0.6) is 0 Å². The molecule has 3 heterocycles. The maximum atomic E-state index is 13.2. The lowest BCUT2D eigenvalue weighted by atomic mass is 10.1. The van der Waals surface area contributed by atoms with Crippen molar-refractivity contribution in [2.24, 2.45) is 4.99 Å². The number of nitrogens with zero attached hydrogens (tertiary/aromatic N) is 5. The summed E-state index contributed by atoms with van der Waals surface area (Å²) in [4.78, 5) is 37.3. The molecule has 1 saturated heterocycles. The Morgan fingerprint density at radius 1 is 1.18 bits per heavy atom. The highest BCUT2D eigenvalue weighted by atomic mass is 35.5. The van der Waals surface area contributed by atoms with E-state index in [0.29, 0.717) is 11.0 Å². The van der Waals surface area contributed by atoms with Crippen LogP contribution >= 0.6 is 11.6 Å². The van der Waals surface area contributed by atoms with Gasteiger partial charge in [-0.25, -0.2) is 9.79 Å². The van der Waals surface area contributed by atoms with Crippen molar-refractivity contribution in [1.82, 2.24) is 14.7 Å². The highest BCUT2D eigenvalue weighted by Gasteiger charge is 2.55. The van der Waals surface area contributed by atoms with Gasteiger partial charge in [0.25, 0.3) is 5.91 Å². The molecule has 3 amide bonds. The molecule has 0 bridgehead atoms. The molecular weight excluding hydrogens is 382 g/mol. The van der Waals surface area contributed by atoms with Gasteiger partial charge in [0.15, 0.2) is 12.2 Å². The number of hydrogen-bond donors (Lipinski definition) is 0. The van der Waals surface area contributed by atoms with Crippen LogP contribution in [0.1, 0.15) is 13.8 Å². The van der Waals surface area contributed by atoms with Crippen LogP contribution < -0.4 is 4.90 Å². The van der Waals surface area contributed by atoms with Crippen LogP contribution in [-0.2, 0) is 9.53 Å². The van der Waals surface area contributed by atoms with Gasteiger partial charge in [0.2, 0.25) is 5.96 Å². The summed E-state index contributed by atoms with van der Waals surface area (Å²) in [6.45, 7) is 4.42. The first kappa shape index (κ1) is 18.8. The summed E-state index contributed by atoms with van der Waals surface area (Å²) in [5.74, 6) is 0.344. The predicted octanol–water partition coefficient (Wildman–Crippen LogP) is 2.32. The second-order valence-corrected chi connectivity index (χ2v) is 7.40. The third-order valence-electron chi connectivity index (χ3n) is 5.51. The number of methoxy groups -OCH3 is 1. The summed E-state index contributed by atoms with van der Waals surface area (Å²) in [5, 5.41) is 0.589. The maximum absolute atomic E-state index is 13.2. The maximum Gasteiger partial charge on any atom is 0.328 e. The number of benzene rings is 1. The van der Waals surface area contributed by atoms with Crippen molar-refractivity contribution in [3.8, 4) is 0 Å². The second-order valence-electron chi connectivity index (χ2n) is 6.99. The predicted molar refractivity (Wildman–Crippen MR) is 106 cm³/mol. The number of amides is 3. The molecule has 4 rings (SSSR count). The van der Waals surface area contributed by atoms with Crippen LogP contribution in [0, 0.1) is 0 Å². The third-order valence-corrected chi connectivity index (χ3v) is 5.82. The minimum absolute atomic E-state index is 0.209. The van der Waals surface area contributed by atoms with Gasteiger partial charge in [0, 0.05) is 25.6 Å². The number of anilines is 1. The van der Waals surface area contributed by atoms with Crippen molar-refractivity contribution in [2.45, 2.75) is 26.1 Å². The molecule has 148 valence electrons. The van der Waals surface area contributed by atoms with Gasteiger partial charge in [0.1, 0.15) is 0 Å². The summed E-state index contributed by atoms with van der Waals surface area (Å²) in [6, 6.07) is 6.54. The van der Waals surface area contributed by atoms with Crippen LogP contribution in [-0.4, -0.2) is 72.1 Å². The van der Waals surface area contributed by atoms with Gasteiger partial charge in [-0.1, -0.05) is 23.7 Å². The zero-order valence-electron chi connectivity index (χ0n) is 16.2. The number of hydrogen-bond acceptors (Lipinski definition) is 6. The number of allylic oxidation sites excluding steroid dienone is 2. The number of carbonyl (C=O) groups is 2. The lowest BCUT2D eigenvalue weighted by Gasteiger charge is -2.40. The quantitative estimate of drug-likeness (QED) is 0.771. The molecule has 28 heavy (non-hydrogen) atoms. The standard InChI is InChI=1S/C19H22ClN5O3/c1-11-12(2)25-15-16(22(3)19(27)23(17(15)26)9-10-28-4)21-18(25)24(11)14-8-6-5-7-13(14)20/h5-8,15-16H,9-10H2,1-4H3. The minimum atomic E-state index is -0.600. The van der Waals surface area contributed by atoms with Crippen molar-refractivity contribution in [1.29, 1.82) is 0 Å². The van der Waals surface area contributed by atoms with E-state index in [0.717, 1.165) is 17.1 Å². The Balaban J connectivity index is 1.76. The van der Waals surface area contributed by atoms with Crippen LogP contribution in [0.3, 0.4) is 0 Å². The lowest BCUT2D eigenvalue weighted by Crippen LogP contribution is -2.65. The summed E-state index contributed by atoms with van der Waals surface area (Å²) in [7, 11) is 3.21. The number of likely N-dealkylation sites (N-methyl/N-ethyl adjacent to an activating group) is 1. The van der Waals surface area contributed by atoms with Crippen molar-refractivity contribution >= 4 is 35.2 Å². The molecule has 2 unspecified atom stereocenters. The summed E-state index contributed by atoms with van der Waals surface area (Å²) < 4.78 is 5.06. The molecule has 3 aliphatic heterocycles. The molecule has 0 N–H and O–H groups in total. The molecule has 1 aromatic carbocycles. The number of rotatable bonds is 4. The molecule has 0 saturated carbocycles. The van der Waals surface area contributed by atoms with Gasteiger partial charge in [-0.2, -0.15) is 0 Å². The zero-order valence-corrected chi connectivity index (χ0v) is 17.0. The van der Waals surface area contributed by atoms with E-state index in [9.17, 15) is 9.59 Å². The molecule has 0 spiro atoms. The number of halogens is 1. The van der Waals surface area contributed by atoms with Crippen molar-refractivity contribution in [3.63, 3.8) is 0 Å². The number of ether oxygens (including phenoxy) is 1. The van der Waals surface area contributed by atoms with Crippen LogP contribution in [0.4, 0.5) is 10.5 Å². The Hall–Kier alpha value is -2.58. The fraction of sp³-hybridized carbons (Fsp3) is 0.421. The van der Waals surface area contributed by atoms with Crippen LogP contribution in [0.25, 0.3) is 0 Å². The van der Waals surface area contributed by atoms with E-state index in [1.165, 1.54) is 9.80 Å². The number of carbonyl (C=O) groups excluding carboxylic acids is 2. The lowest BCUT2D eigenvalue weighted by molar-refractivity contribution is -0.137. The fourth-order valence-electron chi connectivity index (χ4n) is 3.92. The van der Waals surface area contributed by atoms with E-state index in [-0.39, 0.29) is 25.1 Å². The topological polar surface area (TPSA) is 68.7 Å². The van der Waals surface area contributed by atoms with Gasteiger partial charge < -0.3 is 9.64 Å². The summed E-state index contributed by atoms with van der Waals surface area (Å²) >= 11 is 6.43. The van der Waals surface area contributed by atoms with E-state index in [2.05, 4.69) is 0 Å². The van der Waals surface area contributed by atoms with Gasteiger partial charge in [-0.3, -0.25) is 19.5 Å². The number of urea groups is 1. The number of guanidine groups is 1. The highest BCUT2D eigenvalue weighted by Crippen LogP contribution is 2.41. The zero-order chi connectivity index (χ0) is 20.2. The third kappa shape index (κ3) is 2.51. The molecule has 0 aliphatic carbocycles. The van der Waals surface area contributed by atoms with E-state index < -0.39 is 12.2 Å². The highest BCUT2D eigenvalue weighted by molar-refractivity contribution is 6.34. The molecule has 0 aromatic heterocycles. The van der Waals surface area contributed by atoms with Crippen molar-refractivity contribution < 1.29 is 14.3 Å². The molecule has 3 aliphatic rings. The smallest absolute Gasteiger partial charge is 0.328 e. The Bertz CT molecular complexity index is 915. The first-order chi connectivity index (χ1) is 13.4. The summed E-state index contributed by atoms with van der Waals surface area (Å²) in [6.07, 6.45) is -0.582. The molecule has 2 atom stereocenters. The SMILES string of the molecule is COCCN1C(=O)C2C(N=C3N(c4ccccc4Cl)C(C)=C(C)N32)N(C)C1=O. The van der Waals surface area contributed by atoms with E-state index in [4.69, 9.17) is 21.3 Å².